The Morgan fingerprint density at radius 1 is 1.23 bits per heavy atom. The Hall–Kier alpha value is -2.04. The molecule has 0 spiro atoms. The summed E-state index contributed by atoms with van der Waals surface area (Å²) in [5.74, 6) is -0.165. The number of benzene rings is 1. The number of fused-ring (bicyclic) bond motifs is 1. The van der Waals surface area contributed by atoms with Gasteiger partial charge in [-0.25, -0.2) is 4.79 Å². The molecule has 0 aliphatic heterocycles. The van der Waals surface area contributed by atoms with Crippen LogP contribution in [0.3, 0.4) is 0 Å². The first-order valence-electron chi connectivity index (χ1n) is 7.78. The van der Waals surface area contributed by atoms with Crippen molar-refractivity contribution < 1.29 is 19.1 Å². The molecule has 1 aromatic rings. The van der Waals surface area contributed by atoms with Crippen LogP contribution in [0.4, 0.5) is 0 Å². The van der Waals surface area contributed by atoms with Crippen molar-refractivity contribution >= 4 is 11.9 Å². The Morgan fingerprint density at radius 2 is 2.00 bits per heavy atom. The van der Waals surface area contributed by atoms with Crippen LogP contribution in [0.25, 0.3) is 0 Å². The standard InChI is InChI=1S/C17H23NO4/c1-3-12(2)18-16(19)10-22-17(20)11-21-15-8-7-13-5-4-6-14(13)9-15/h7-9,12H,3-6,10-11H2,1-2H3,(H,18,19)/t12-/m1/s1. The fraction of sp³-hybridized carbons (Fsp3) is 0.529. The van der Waals surface area contributed by atoms with Gasteiger partial charge in [-0.15, -0.1) is 0 Å². The number of carbonyl (C=O) groups is 2. The quantitative estimate of drug-likeness (QED) is 0.783. The van der Waals surface area contributed by atoms with E-state index in [1.54, 1.807) is 0 Å². The van der Waals surface area contributed by atoms with E-state index >= 15 is 0 Å². The molecule has 1 atom stereocenters. The van der Waals surface area contributed by atoms with Crippen molar-refractivity contribution in [3.8, 4) is 5.75 Å². The third kappa shape index (κ3) is 4.76. The van der Waals surface area contributed by atoms with Crippen LogP contribution in [-0.4, -0.2) is 31.1 Å². The lowest BCUT2D eigenvalue weighted by molar-refractivity contribution is -0.150. The van der Waals surface area contributed by atoms with Crippen molar-refractivity contribution in [3.05, 3.63) is 29.3 Å². The van der Waals surface area contributed by atoms with Gasteiger partial charge in [-0.05, 0) is 55.9 Å². The molecule has 1 N–H and O–H groups in total. The summed E-state index contributed by atoms with van der Waals surface area (Å²) in [7, 11) is 0. The van der Waals surface area contributed by atoms with E-state index in [9.17, 15) is 9.59 Å². The van der Waals surface area contributed by atoms with Crippen LogP contribution in [0.2, 0.25) is 0 Å². The number of ether oxygens (including phenoxy) is 2. The Bertz CT molecular complexity index is 541. The topological polar surface area (TPSA) is 64.6 Å². The van der Waals surface area contributed by atoms with Gasteiger partial charge in [0, 0.05) is 6.04 Å². The lowest BCUT2D eigenvalue weighted by atomic mass is 10.1. The SMILES string of the molecule is CC[C@@H](C)NC(=O)COC(=O)COc1ccc2c(c1)CCC2. The molecule has 0 bridgehead atoms. The van der Waals surface area contributed by atoms with Gasteiger partial charge in [-0.3, -0.25) is 4.79 Å². The van der Waals surface area contributed by atoms with E-state index in [1.165, 1.54) is 17.5 Å². The van der Waals surface area contributed by atoms with E-state index in [2.05, 4.69) is 5.32 Å². The molecule has 2 rings (SSSR count). The van der Waals surface area contributed by atoms with E-state index in [4.69, 9.17) is 9.47 Å². The second-order valence-electron chi connectivity index (χ2n) is 5.61. The lowest BCUT2D eigenvalue weighted by Gasteiger charge is -2.12. The molecule has 5 nitrogen and oxygen atoms in total. The fourth-order valence-corrected chi connectivity index (χ4v) is 2.39. The van der Waals surface area contributed by atoms with Crippen molar-refractivity contribution in [1.29, 1.82) is 0 Å². The Morgan fingerprint density at radius 3 is 2.77 bits per heavy atom. The second kappa shape index (κ2) is 7.82. The molecular weight excluding hydrogens is 282 g/mol. The minimum atomic E-state index is -0.542. The molecule has 22 heavy (non-hydrogen) atoms. The van der Waals surface area contributed by atoms with Gasteiger partial charge in [0.05, 0.1) is 0 Å². The number of esters is 1. The number of aryl methyl sites for hydroxylation is 2. The predicted octanol–water partition coefficient (Wildman–Crippen LogP) is 2.01. The number of amides is 1. The average Bonchev–Trinajstić information content (AvgIpc) is 2.98. The minimum Gasteiger partial charge on any atom is -0.482 e. The molecule has 0 fully saturated rings. The average molecular weight is 305 g/mol. The summed E-state index contributed by atoms with van der Waals surface area (Å²) in [6.45, 7) is 3.42. The van der Waals surface area contributed by atoms with Crippen LogP contribution in [0, 0.1) is 0 Å². The largest absolute Gasteiger partial charge is 0.482 e. The van der Waals surface area contributed by atoms with Gasteiger partial charge in [0.1, 0.15) is 5.75 Å². The van der Waals surface area contributed by atoms with Crippen molar-refractivity contribution in [2.24, 2.45) is 0 Å². The lowest BCUT2D eigenvalue weighted by Crippen LogP contribution is -2.35. The molecule has 0 unspecified atom stereocenters. The number of nitrogens with one attached hydrogen (secondary N) is 1. The third-order valence-electron chi connectivity index (χ3n) is 3.81. The van der Waals surface area contributed by atoms with Gasteiger partial charge in [0.25, 0.3) is 5.91 Å². The molecule has 1 aliphatic rings. The first-order chi connectivity index (χ1) is 10.6. The van der Waals surface area contributed by atoms with Crippen LogP contribution in [0.15, 0.2) is 18.2 Å². The minimum absolute atomic E-state index is 0.0777. The normalized spacial score (nSPS) is 14.1. The molecule has 5 heteroatoms. The predicted molar refractivity (Wildman–Crippen MR) is 82.8 cm³/mol. The molecule has 0 aromatic heterocycles. The number of rotatable bonds is 7. The zero-order valence-corrected chi connectivity index (χ0v) is 13.2. The van der Waals surface area contributed by atoms with E-state index in [1.807, 2.05) is 32.0 Å². The first-order valence-corrected chi connectivity index (χ1v) is 7.78. The van der Waals surface area contributed by atoms with Gasteiger partial charge >= 0.3 is 5.97 Å². The molecule has 0 radical (unpaired) electrons. The number of hydrogen-bond donors (Lipinski definition) is 1. The highest BCUT2D eigenvalue weighted by Gasteiger charge is 2.13. The fourth-order valence-electron chi connectivity index (χ4n) is 2.39. The van der Waals surface area contributed by atoms with Gasteiger partial charge in [0.2, 0.25) is 0 Å². The van der Waals surface area contributed by atoms with Crippen LogP contribution < -0.4 is 10.1 Å². The molecule has 0 heterocycles. The molecule has 1 aliphatic carbocycles. The smallest absolute Gasteiger partial charge is 0.344 e. The summed E-state index contributed by atoms with van der Waals surface area (Å²) in [4.78, 5) is 23.1. The van der Waals surface area contributed by atoms with Crippen LogP contribution in [-0.2, 0) is 27.2 Å². The summed E-state index contributed by atoms with van der Waals surface area (Å²) >= 11 is 0. The molecule has 1 aromatic carbocycles. The Labute approximate surface area is 131 Å². The Balaban J connectivity index is 1.70. The summed E-state index contributed by atoms with van der Waals surface area (Å²) in [5.41, 5.74) is 2.65. The van der Waals surface area contributed by atoms with Crippen LogP contribution in [0.5, 0.6) is 5.75 Å². The van der Waals surface area contributed by atoms with Gasteiger partial charge in [-0.2, -0.15) is 0 Å². The van der Waals surface area contributed by atoms with Crippen LogP contribution >= 0.6 is 0 Å². The highest BCUT2D eigenvalue weighted by Crippen LogP contribution is 2.25. The maximum Gasteiger partial charge on any atom is 0.344 e. The zero-order valence-electron chi connectivity index (χ0n) is 13.2. The van der Waals surface area contributed by atoms with Gasteiger partial charge in [0.15, 0.2) is 13.2 Å². The number of carbonyl (C=O) groups excluding carboxylic acids is 2. The van der Waals surface area contributed by atoms with E-state index in [0.717, 1.165) is 19.3 Å². The van der Waals surface area contributed by atoms with Gasteiger partial charge < -0.3 is 14.8 Å². The molecule has 120 valence electrons. The second-order valence-corrected chi connectivity index (χ2v) is 5.61. The zero-order chi connectivity index (χ0) is 15.9. The maximum absolute atomic E-state index is 11.6. The van der Waals surface area contributed by atoms with E-state index < -0.39 is 5.97 Å². The summed E-state index contributed by atoms with van der Waals surface area (Å²) in [5, 5.41) is 2.73. The monoisotopic (exact) mass is 305 g/mol. The number of hydrogen-bond acceptors (Lipinski definition) is 4. The van der Waals surface area contributed by atoms with Crippen molar-refractivity contribution in [2.75, 3.05) is 13.2 Å². The van der Waals surface area contributed by atoms with Gasteiger partial charge in [-0.1, -0.05) is 13.0 Å². The maximum atomic E-state index is 11.6. The van der Waals surface area contributed by atoms with E-state index in [0.29, 0.717) is 5.75 Å². The summed E-state index contributed by atoms with van der Waals surface area (Å²) < 4.78 is 10.3. The van der Waals surface area contributed by atoms with E-state index in [-0.39, 0.29) is 25.2 Å². The summed E-state index contributed by atoms with van der Waals surface area (Å²) in [6, 6.07) is 5.97. The molecule has 0 saturated carbocycles. The van der Waals surface area contributed by atoms with Crippen molar-refractivity contribution in [2.45, 2.75) is 45.6 Å². The molecule has 1 amide bonds. The highest BCUT2D eigenvalue weighted by atomic mass is 16.6. The molecular formula is C17H23NO4. The van der Waals surface area contributed by atoms with Crippen molar-refractivity contribution in [3.63, 3.8) is 0 Å². The van der Waals surface area contributed by atoms with Crippen LogP contribution in [0.1, 0.15) is 37.8 Å². The third-order valence-corrected chi connectivity index (χ3v) is 3.81. The first kappa shape index (κ1) is 16.3. The molecule has 0 saturated heterocycles. The highest BCUT2D eigenvalue weighted by molar-refractivity contribution is 5.81. The summed E-state index contributed by atoms with van der Waals surface area (Å²) in [6.07, 6.45) is 4.18. The Kier molecular flexibility index (Phi) is 5.81. The van der Waals surface area contributed by atoms with Crippen molar-refractivity contribution in [1.82, 2.24) is 5.32 Å².